The highest BCUT2D eigenvalue weighted by Gasteiger charge is 2.49. The largest absolute Gasteiger partial charge is 0.491 e. The maximum Gasteiger partial charge on any atom is 0.240 e. The SMILES string of the molecule is CC1(c2ccc(Br)cc2)CC(=O)N(CC(O)COc2ccc(F)cc2)C1=O. The van der Waals surface area contributed by atoms with E-state index in [2.05, 4.69) is 15.9 Å². The molecule has 5 nitrogen and oxygen atoms in total. The highest BCUT2D eigenvalue weighted by atomic mass is 79.9. The molecule has 1 saturated heterocycles. The van der Waals surface area contributed by atoms with Crippen molar-refractivity contribution in [1.29, 1.82) is 0 Å². The third kappa shape index (κ3) is 4.20. The van der Waals surface area contributed by atoms with E-state index in [4.69, 9.17) is 4.74 Å². The Hall–Kier alpha value is -2.25. The lowest BCUT2D eigenvalue weighted by atomic mass is 9.81. The molecule has 0 spiro atoms. The van der Waals surface area contributed by atoms with Crippen molar-refractivity contribution in [3.05, 3.63) is 64.4 Å². The Morgan fingerprint density at radius 2 is 1.81 bits per heavy atom. The first kappa shape index (κ1) is 19.5. The van der Waals surface area contributed by atoms with Crippen molar-refractivity contribution in [3.8, 4) is 5.75 Å². The molecular formula is C20H19BrFNO4. The fourth-order valence-electron chi connectivity index (χ4n) is 3.10. The number of ether oxygens (including phenoxy) is 1. The monoisotopic (exact) mass is 435 g/mol. The predicted octanol–water partition coefficient (Wildman–Crippen LogP) is 3.04. The zero-order valence-electron chi connectivity index (χ0n) is 14.7. The van der Waals surface area contributed by atoms with E-state index in [0.717, 1.165) is 14.9 Å². The third-order valence-electron chi connectivity index (χ3n) is 4.65. The van der Waals surface area contributed by atoms with Gasteiger partial charge in [0.15, 0.2) is 0 Å². The standard InChI is InChI=1S/C20H19BrFNO4/c1-20(13-2-4-14(21)5-3-13)10-18(25)23(19(20)26)11-16(24)12-27-17-8-6-15(22)7-9-17/h2-9,16,24H,10-12H2,1H3. The van der Waals surface area contributed by atoms with Crippen LogP contribution in [0.25, 0.3) is 0 Å². The van der Waals surface area contributed by atoms with Crippen LogP contribution in [-0.2, 0) is 15.0 Å². The Labute approximate surface area is 164 Å². The first-order chi connectivity index (χ1) is 12.8. The summed E-state index contributed by atoms with van der Waals surface area (Å²) in [6.45, 7) is 1.47. The second-order valence-electron chi connectivity index (χ2n) is 6.74. The Bertz CT molecular complexity index is 840. The summed E-state index contributed by atoms with van der Waals surface area (Å²) in [6, 6.07) is 12.7. The molecule has 1 heterocycles. The molecule has 1 aliphatic rings. The molecule has 27 heavy (non-hydrogen) atoms. The highest BCUT2D eigenvalue weighted by molar-refractivity contribution is 9.10. The quantitative estimate of drug-likeness (QED) is 0.708. The number of hydrogen-bond donors (Lipinski definition) is 1. The maximum atomic E-state index is 12.9. The second-order valence-corrected chi connectivity index (χ2v) is 7.66. The molecule has 2 amide bonds. The molecule has 0 bridgehead atoms. The van der Waals surface area contributed by atoms with Crippen molar-refractivity contribution in [2.24, 2.45) is 0 Å². The highest BCUT2D eigenvalue weighted by Crippen LogP contribution is 2.36. The van der Waals surface area contributed by atoms with Gasteiger partial charge in [0.05, 0.1) is 12.0 Å². The molecule has 1 fully saturated rings. The first-order valence-electron chi connectivity index (χ1n) is 8.47. The Balaban J connectivity index is 1.64. The zero-order chi connectivity index (χ0) is 19.6. The molecule has 0 aromatic heterocycles. The topological polar surface area (TPSA) is 66.8 Å². The molecule has 0 saturated carbocycles. The Kier molecular flexibility index (Phi) is 5.62. The summed E-state index contributed by atoms with van der Waals surface area (Å²) in [4.78, 5) is 26.3. The summed E-state index contributed by atoms with van der Waals surface area (Å²) in [5, 5.41) is 10.2. The van der Waals surface area contributed by atoms with Crippen LogP contribution in [-0.4, -0.2) is 41.1 Å². The smallest absolute Gasteiger partial charge is 0.240 e. The van der Waals surface area contributed by atoms with E-state index in [9.17, 15) is 19.1 Å². The van der Waals surface area contributed by atoms with Crippen molar-refractivity contribution in [2.75, 3.05) is 13.2 Å². The number of carbonyl (C=O) groups is 2. The lowest BCUT2D eigenvalue weighted by Gasteiger charge is -2.24. The number of benzene rings is 2. The van der Waals surface area contributed by atoms with Crippen LogP contribution in [0.5, 0.6) is 5.75 Å². The van der Waals surface area contributed by atoms with Crippen LogP contribution in [0.3, 0.4) is 0 Å². The van der Waals surface area contributed by atoms with E-state index in [1.165, 1.54) is 24.3 Å². The first-order valence-corrected chi connectivity index (χ1v) is 9.26. The van der Waals surface area contributed by atoms with E-state index in [1.807, 2.05) is 24.3 Å². The van der Waals surface area contributed by atoms with Gasteiger partial charge in [-0.3, -0.25) is 14.5 Å². The number of β-amino-alcohol motifs (C(OH)–C–C–N with tert-alkyl or cyclic N) is 1. The number of nitrogens with zero attached hydrogens (tertiary/aromatic N) is 1. The second kappa shape index (κ2) is 7.78. The molecule has 0 aliphatic carbocycles. The molecule has 2 atom stereocenters. The molecule has 7 heteroatoms. The molecule has 142 valence electrons. The van der Waals surface area contributed by atoms with Gasteiger partial charge in [-0.15, -0.1) is 0 Å². The van der Waals surface area contributed by atoms with Gasteiger partial charge in [-0.05, 0) is 48.9 Å². The zero-order valence-corrected chi connectivity index (χ0v) is 16.3. The van der Waals surface area contributed by atoms with E-state index in [0.29, 0.717) is 5.75 Å². The third-order valence-corrected chi connectivity index (χ3v) is 5.18. The molecule has 2 aromatic carbocycles. The van der Waals surface area contributed by atoms with Crippen molar-refractivity contribution in [2.45, 2.75) is 24.9 Å². The summed E-state index contributed by atoms with van der Waals surface area (Å²) in [6.07, 6.45) is -0.992. The van der Waals surface area contributed by atoms with Gasteiger partial charge in [-0.25, -0.2) is 4.39 Å². The fourth-order valence-corrected chi connectivity index (χ4v) is 3.36. The molecule has 3 rings (SSSR count). The van der Waals surface area contributed by atoms with Gasteiger partial charge in [-0.1, -0.05) is 28.1 Å². The number of halogens is 2. The number of aliphatic hydroxyl groups is 1. The van der Waals surface area contributed by atoms with Crippen LogP contribution in [0, 0.1) is 5.82 Å². The van der Waals surface area contributed by atoms with Crippen LogP contribution in [0.1, 0.15) is 18.9 Å². The number of aliphatic hydroxyl groups excluding tert-OH is 1. The summed E-state index contributed by atoms with van der Waals surface area (Å²) in [5.41, 5.74) is -0.196. The van der Waals surface area contributed by atoms with Gasteiger partial charge >= 0.3 is 0 Å². The minimum atomic E-state index is -1.05. The minimum absolute atomic E-state index is 0.0546. The predicted molar refractivity (Wildman–Crippen MR) is 101 cm³/mol. The summed E-state index contributed by atoms with van der Waals surface area (Å²) < 4.78 is 19.2. The van der Waals surface area contributed by atoms with Crippen LogP contribution in [0.15, 0.2) is 53.0 Å². The average Bonchev–Trinajstić information content (AvgIpc) is 2.86. The van der Waals surface area contributed by atoms with Gasteiger partial charge in [0.2, 0.25) is 11.8 Å². The number of likely N-dealkylation sites (tertiary alicyclic amines) is 1. The van der Waals surface area contributed by atoms with Crippen LogP contribution in [0.2, 0.25) is 0 Å². The normalized spacial score (nSPS) is 20.8. The number of imide groups is 1. The van der Waals surface area contributed by atoms with Crippen LogP contribution in [0.4, 0.5) is 4.39 Å². The van der Waals surface area contributed by atoms with Gasteiger partial charge in [-0.2, -0.15) is 0 Å². The lowest BCUT2D eigenvalue weighted by molar-refractivity contribution is -0.141. The molecular weight excluding hydrogens is 417 g/mol. The summed E-state index contributed by atoms with van der Waals surface area (Å²) in [5.74, 6) is -0.653. The van der Waals surface area contributed by atoms with Gasteiger partial charge in [0, 0.05) is 10.9 Å². The van der Waals surface area contributed by atoms with E-state index < -0.39 is 11.5 Å². The molecule has 2 aromatic rings. The average molecular weight is 436 g/mol. The van der Waals surface area contributed by atoms with E-state index >= 15 is 0 Å². The summed E-state index contributed by atoms with van der Waals surface area (Å²) in [7, 11) is 0. The fraction of sp³-hybridized carbons (Fsp3) is 0.300. The Morgan fingerprint density at radius 3 is 2.44 bits per heavy atom. The molecule has 0 radical (unpaired) electrons. The number of hydrogen-bond acceptors (Lipinski definition) is 4. The van der Waals surface area contributed by atoms with Crippen molar-refractivity contribution in [3.63, 3.8) is 0 Å². The van der Waals surface area contributed by atoms with Gasteiger partial charge in [0.25, 0.3) is 0 Å². The van der Waals surface area contributed by atoms with Crippen LogP contribution < -0.4 is 4.74 Å². The van der Waals surface area contributed by atoms with Crippen molar-refractivity contribution >= 4 is 27.7 Å². The molecule has 1 aliphatic heterocycles. The molecule has 1 N–H and O–H groups in total. The minimum Gasteiger partial charge on any atom is -0.491 e. The van der Waals surface area contributed by atoms with Gasteiger partial charge < -0.3 is 9.84 Å². The van der Waals surface area contributed by atoms with Crippen molar-refractivity contribution < 1.29 is 23.8 Å². The van der Waals surface area contributed by atoms with Crippen molar-refractivity contribution in [1.82, 2.24) is 4.90 Å². The number of carbonyl (C=O) groups excluding carboxylic acids is 2. The van der Waals surface area contributed by atoms with Gasteiger partial charge in [0.1, 0.15) is 24.3 Å². The maximum absolute atomic E-state index is 12.9. The van der Waals surface area contributed by atoms with Crippen LogP contribution >= 0.6 is 15.9 Å². The Morgan fingerprint density at radius 1 is 1.19 bits per heavy atom. The van der Waals surface area contributed by atoms with E-state index in [-0.39, 0.29) is 37.2 Å². The summed E-state index contributed by atoms with van der Waals surface area (Å²) >= 11 is 3.35. The number of rotatable bonds is 6. The molecule has 2 unspecified atom stereocenters. The number of amides is 2. The van der Waals surface area contributed by atoms with E-state index in [1.54, 1.807) is 6.92 Å². The lowest BCUT2D eigenvalue weighted by Crippen LogP contribution is -2.42.